The molecular weight excluding hydrogens is 473 g/mol. The molecule has 0 atom stereocenters. The van der Waals surface area contributed by atoms with Gasteiger partial charge in [-0.3, -0.25) is 0 Å². The Bertz CT molecular complexity index is 924. The fourth-order valence-electron chi connectivity index (χ4n) is 2.66. The number of sulfonamides is 1. The second-order valence-corrected chi connectivity index (χ2v) is 7.99. The van der Waals surface area contributed by atoms with Crippen molar-refractivity contribution in [3.05, 3.63) is 47.7 Å². The van der Waals surface area contributed by atoms with Gasteiger partial charge in [0.05, 0.1) is 6.61 Å². The first-order valence-corrected chi connectivity index (χ1v) is 10.8. The Morgan fingerprint density at radius 3 is 2.36 bits per heavy atom. The van der Waals surface area contributed by atoms with Crippen molar-refractivity contribution in [2.24, 2.45) is 0 Å². The van der Waals surface area contributed by atoms with Crippen molar-refractivity contribution in [1.82, 2.24) is 4.98 Å². The summed E-state index contributed by atoms with van der Waals surface area (Å²) in [6, 6.07) is 7.09. The third-order valence-electron chi connectivity index (χ3n) is 3.75. The van der Waals surface area contributed by atoms with Crippen molar-refractivity contribution in [2.45, 2.75) is 34.6 Å². The fraction of sp³-hybridized carbons (Fsp3) is 0.368. The van der Waals surface area contributed by atoms with Crippen molar-refractivity contribution >= 4 is 37.8 Å². The van der Waals surface area contributed by atoms with Gasteiger partial charge in [-0.2, -0.15) is 4.98 Å². The standard InChI is InChI=1S/C16H18N2O4S2.C2H6.CH3.Y/c1-4-18-15-13(23-16(17-15)22-5-2)12(19)14(24(18,20)21)11-9-7-6-8-10(11)3;1-2;;/h6-9,19H,4-5H2,1-3H3;1-2H3;1H3;/q;;-1;. The van der Waals surface area contributed by atoms with E-state index in [4.69, 9.17) is 4.74 Å². The van der Waals surface area contributed by atoms with Crippen molar-refractivity contribution in [2.75, 3.05) is 17.5 Å². The summed E-state index contributed by atoms with van der Waals surface area (Å²) in [5.74, 6) is -0.0479. The zero-order valence-electron chi connectivity index (χ0n) is 17.2. The molecule has 1 aromatic heterocycles. The van der Waals surface area contributed by atoms with E-state index in [1.165, 1.54) is 4.31 Å². The monoisotopic (exact) mass is 500 g/mol. The average Bonchev–Trinajstić information content (AvgIpc) is 3.02. The van der Waals surface area contributed by atoms with E-state index in [1.54, 1.807) is 19.1 Å². The van der Waals surface area contributed by atoms with E-state index >= 15 is 0 Å². The van der Waals surface area contributed by atoms with E-state index < -0.39 is 10.0 Å². The van der Waals surface area contributed by atoms with E-state index in [0.29, 0.717) is 22.2 Å². The van der Waals surface area contributed by atoms with Crippen molar-refractivity contribution < 1.29 is 51.0 Å². The molecule has 0 saturated carbocycles. The molecule has 153 valence electrons. The van der Waals surface area contributed by atoms with Gasteiger partial charge in [-0.15, -0.1) is 0 Å². The molecule has 1 aliphatic rings. The normalized spacial score (nSPS) is 14.1. The van der Waals surface area contributed by atoms with Crippen LogP contribution in [0.25, 0.3) is 10.7 Å². The SMILES string of the molecule is CC.CCOc1nc2c(s1)C(O)=C(c1ccccc1C)S(=O)(=O)N2CC.[CH3-].[Y]. The third-order valence-corrected chi connectivity index (χ3v) is 6.65. The number of thiazole rings is 1. The molecule has 28 heavy (non-hydrogen) atoms. The summed E-state index contributed by atoms with van der Waals surface area (Å²) in [4.78, 5) is 4.57. The van der Waals surface area contributed by atoms with E-state index in [0.717, 1.165) is 16.9 Å². The molecule has 0 bridgehead atoms. The molecule has 6 nitrogen and oxygen atoms in total. The Hall–Kier alpha value is -0.956. The zero-order valence-corrected chi connectivity index (χ0v) is 21.7. The van der Waals surface area contributed by atoms with Crippen molar-refractivity contribution in [1.29, 1.82) is 0 Å². The van der Waals surface area contributed by atoms with Crippen LogP contribution >= 0.6 is 11.3 Å². The average molecular weight is 500 g/mol. The summed E-state index contributed by atoms with van der Waals surface area (Å²) in [7, 11) is -3.90. The van der Waals surface area contributed by atoms with Crippen LogP contribution in [-0.4, -0.2) is 31.7 Å². The van der Waals surface area contributed by atoms with Crippen LogP contribution in [0.3, 0.4) is 0 Å². The van der Waals surface area contributed by atoms with Gasteiger partial charge in [0.15, 0.2) is 11.6 Å². The minimum absolute atomic E-state index is 0. The first-order chi connectivity index (χ1) is 12.4. The van der Waals surface area contributed by atoms with Crippen LogP contribution < -0.4 is 9.04 Å². The van der Waals surface area contributed by atoms with Crippen LogP contribution in [0.2, 0.25) is 0 Å². The smallest absolute Gasteiger partial charge is 0.275 e. The molecule has 0 saturated heterocycles. The Balaban J connectivity index is 0.00000177. The molecule has 0 unspecified atom stereocenters. The Labute approximate surface area is 197 Å². The summed E-state index contributed by atoms with van der Waals surface area (Å²) in [6.45, 7) is 10.0. The van der Waals surface area contributed by atoms with Crippen molar-refractivity contribution in [3.63, 3.8) is 0 Å². The topological polar surface area (TPSA) is 79.7 Å². The van der Waals surface area contributed by atoms with Crippen LogP contribution in [-0.2, 0) is 42.7 Å². The van der Waals surface area contributed by atoms with Gasteiger partial charge >= 0.3 is 0 Å². The van der Waals surface area contributed by atoms with E-state index in [2.05, 4.69) is 4.98 Å². The molecule has 0 amide bonds. The van der Waals surface area contributed by atoms with Gasteiger partial charge in [0.2, 0.25) is 0 Å². The summed E-state index contributed by atoms with van der Waals surface area (Å²) in [5.41, 5.74) is 1.27. The maximum absolute atomic E-state index is 13.1. The Morgan fingerprint density at radius 1 is 1.21 bits per heavy atom. The second-order valence-electron chi connectivity index (χ2n) is 5.23. The van der Waals surface area contributed by atoms with Crippen LogP contribution in [0.1, 0.15) is 43.7 Å². The summed E-state index contributed by atoms with van der Waals surface area (Å²) in [5, 5.41) is 11.1. The minimum Gasteiger partial charge on any atom is -0.505 e. The molecule has 1 radical (unpaired) electrons. The molecule has 1 N–H and O–H groups in total. The molecule has 2 heterocycles. The number of benzene rings is 1. The number of nitrogens with zero attached hydrogens (tertiary/aromatic N) is 2. The number of aromatic nitrogens is 1. The predicted octanol–water partition coefficient (Wildman–Crippen LogP) is 4.88. The summed E-state index contributed by atoms with van der Waals surface area (Å²) in [6.07, 6.45) is 0. The maximum Gasteiger partial charge on any atom is 0.275 e. The number of ether oxygens (including phenoxy) is 1. The number of aliphatic hydroxyl groups is 1. The van der Waals surface area contributed by atoms with Crippen molar-refractivity contribution in [3.8, 4) is 5.19 Å². The molecule has 0 aliphatic carbocycles. The largest absolute Gasteiger partial charge is 0.505 e. The number of rotatable bonds is 4. The van der Waals surface area contributed by atoms with Gasteiger partial charge in [0, 0.05) is 44.8 Å². The van der Waals surface area contributed by atoms with Gasteiger partial charge in [0.25, 0.3) is 15.2 Å². The third kappa shape index (κ3) is 4.78. The van der Waals surface area contributed by atoms with Crippen LogP contribution in [0, 0.1) is 14.4 Å². The quantitative estimate of drug-likeness (QED) is 0.606. The molecule has 0 spiro atoms. The number of anilines is 1. The van der Waals surface area contributed by atoms with Gasteiger partial charge in [-0.1, -0.05) is 49.4 Å². The van der Waals surface area contributed by atoms with Gasteiger partial charge in [-0.25, -0.2) is 12.7 Å². The zero-order chi connectivity index (χ0) is 19.5. The predicted molar refractivity (Wildman–Crippen MR) is 114 cm³/mol. The van der Waals surface area contributed by atoms with Gasteiger partial charge < -0.3 is 17.3 Å². The molecule has 2 aromatic rings. The van der Waals surface area contributed by atoms with E-state index in [9.17, 15) is 13.5 Å². The Morgan fingerprint density at radius 2 is 1.82 bits per heavy atom. The summed E-state index contributed by atoms with van der Waals surface area (Å²) >= 11 is 1.14. The van der Waals surface area contributed by atoms with Crippen LogP contribution in [0.4, 0.5) is 5.82 Å². The maximum atomic E-state index is 13.1. The van der Waals surface area contributed by atoms with Gasteiger partial charge in [-0.05, 0) is 26.3 Å². The van der Waals surface area contributed by atoms with E-state index in [1.807, 2.05) is 39.8 Å². The fourth-order valence-corrected chi connectivity index (χ4v) is 5.49. The number of hydrogen-bond donors (Lipinski definition) is 1. The number of aliphatic hydroxyl groups excluding tert-OH is 1. The number of aryl methyl sites for hydroxylation is 1. The van der Waals surface area contributed by atoms with Crippen LogP contribution in [0.5, 0.6) is 5.19 Å². The first-order valence-electron chi connectivity index (χ1n) is 8.57. The molecule has 1 aromatic carbocycles. The molecular formula is C19H27N2O4S2Y-. The van der Waals surface area contributed by atoms with E-state index in [-0.39, 0.29) is 63.2 Å². The molecule has 3 rings (SSSR count). The first kappa shape index (κ1) is 27.0. The number of fused-ring (bicyclic) bond motifs is 1. The second kappa shape index (κ2) is 11.3. The minimum atomic E-state index is -3.90. The Kier molecular flexibility index (Phi) is 10.9. The molecule has 1 aliphatic heterocycles. The number of hydrogen-bond acceptors (Lipinski definition) is 6. The summed E-state index contributed by atoms with van der Waals surface area (Å²) < 4.78 is 32.7. The molecule has 9 heteroatoms. The molecule has 0 fully saturated rings. The van der Waals surface area contributed by atoms with Crippen LogP contribution in [0.15, 0.2) is 24.3 Å². The van der Waals surface area contributed by atoms with Gasteiger partial charge in [0.1, 0.15) is 9.78 Å².